The molecule has 0 amide bonds. The van der Waals surface area contributed by atoms with Crippen LogP contribution in [0.1, 0.15) is 37.9 Å². The largest absolute Gasteiger partial charge is 0.480 e. The molecule has 2 atom stereocenters. The molecular weight excluding hydrogens is 204 g/mol. The Bertz CT molecular complexity index is 348. The number of carboxylic acids is 1. The lowest BCUT2D eigenvalue weighted by Gasteiger charge is -2.37. The molecule has 0 radical (unpaired) electrons. The van der Waals surface area contributed by atoms with Gasteiger partial charge in [-0.25, -0.2) is 0 Å². The molecule has 2 heterocycles. The molecule has 0 spiro atoms. The lowest BCUT2D eigenvalue weighted by molar-refractivity contribution is -0.145. The average molecular weight is 222 g/mol. The monoisotopic (exact) mass is 222 g/mol. The fourth-order valence-corrected chi connectivity index (χ4v) is 2.47. The number of H-pyrrole nitrogens is 1. The van der Waals surface area contributed by atoms with Crippen molar-refractivity contribution in [3.63, 3.8) is 0 Å². The Morgan fingerprint density at radius 3 is 3.06 bits per heavy atom. The van der Waals surface area contributed by atoms with Gasteiger partial charge in [0.25, 0.3) is 0 Å². The summed E-state index contributed by atoms with van der Waals surface area (Å²) in [6.07, 6.45) is 4.76. The van der Waals surface area contributed by atoms with Crippen LogP contribution in [0.25, 0.3) is 0 Å². The summed E-state index contributed by atoms with van der Waals surface area (Å²) in [4.78, 5) is 16.4. The number of nitrogens with one attached hydrogen (secondary N) is 1. The van der Waals surface area contributed by atoms with Crippen LogP contribution in [0.3, 0.4) is 0 Å². The van der Waals surface area contributed by atoms with E-state index in [4.69, 9.17) is 0 Å². The van der Waals surface area contributed by atoms with E-state index in [1.54, 1.807) is 0 Å². The molecule has 0 aliphatic carbocycles. The van der Waals surface area contributed by atoms with Crippen molar-refractivity contribution in [3.8, 4) is 0 Å². The number of hydrogen-bond donors (Lipinski definition) is 2. The molecule has 4 nitrogen and oxygen atoms in total. The smallest absolute Gasteiger partial charge is 0.320 e. The van der Waals surface area contributed by atoms with Crippen LogP contribution in [-0.4, -0.2) is 33.5 Å². The van der Waals surface area contributed by atoms with Crippen LogP contribution < -0.4 is 0 Å². The first-order chi connectivity index (χ1) is 7.70. The van der Waals surface area contributed by atoms with Gasteiger partial charge in [-0.05, 0) is 38.4 Å². The van der Waals surface area contributed by atoms with Crippen molar-refractivity contribution in [2.75, 3.05) is 6.54 Å². The number of carbonyl (C=O) groups is 1. The molecule has 0 aromatic carbocycles. The first-order valence-corrected chi connectivity index (χ1v) is 5.82. The number of aromatic amines is 1. The fourth-order valence-electron chi connectivity index (χ4n) is 2.47. The zero-order valence-electron chi connectivity index (χ0n) is 9.52. The molecule has 2 N–H and O–H groups in total. The highest BCUT2D eigenvalue weighted by atomic mass is 16.4. The highest BCUT2D eigenvalue weighted by Gasteiger charge is 2.32. The average Bonchev–Trinajstić information content (AvgIpc) is 2.81. The molecule has 1 saturated heterocycles. The highest BCUT2D eigenvalue weighted by Crippen LogP contribution is 2.27. The minimum absolute atomic E-state index is 0.149. The number of nitrogens with zero attached hydrogens (tertiary/aromatic N) is 1. The molecule has 0 saturated carbocycles. The first kappa shape index (κ1) is 11.2. The molecule has 4 heteroatoms. The Labute approximate surface area is 95.3 Å². The van der Waals surface area contributed by atoms with Gasteiger partial charge < -0.3 is 10.1 Å². The molecule has 88 valence electrons. The van der Waals surface area contributed by atoms with Gasteiger partial charge >= 0.3 is 5.97 Å². The van der Waals surface area contributed by atoms with E-state index in [-0.39, 0.29) is 12.1 Å². The van der Waals surface area contributed by atoms with Crippen molar-refractivity contribution in [1.82, 2.24) is 9.88 Å². The third-order valence-corrected chi connectivity index (χ3v) is 3.40. The number of rotatable bonds is 3. The van der Waals surface area contributed by atoms with Crippen LogP contribution in [0.15, 0.2) is 18.3 Å². The third-order valence-electron chi connectivity index (χ3n) is 3.40. The Balaban J connectivity index is 2.14. The van der Waals surface area contributed by atoms with Crippen LogP contribution in [0.4, 0.5) is 0 Å². The predicted molar refractivity (Wildman–Crippen MR) is 61.2 cm³/mol. The second kappa shape index (κ2) is 4.70. The van der Waals surface area contributed by atoms with E-state index in [0.29, 0.717) is 0 Å². The van der Waals surface area contributed by atoms with Gasteiger partial charge in [0.05, 0.1) is 0 Å². The molecule has 1 fully saturated rings. The van der Waals surface area contributed by atoms with E-state index in [1.165, 1.54) is 0 Å². The summed E-state index contributed by atoms with van der Waals surface area (Å²) < 4.78 is 0. The quantitative estimate of drug-likeness (QED) is 0.822. The number of hydrogen-bond acceptors (Lipinski definition) is 2. The van der Waals surface area contributed by atoms with Crippen LogP contribution in [0.2, 0.25) is 0 Å². The Hall–Kier alpha value is -1.29. The standard InChI is InChI=1S/C12H18N2O2/c1-9(10-5-4-7-13-10)14-8-3-2-6-11(14)12(15)16/h4-5,7,9,11,13H,2-3,6,8H2,1H3,(H,15,16). The van der Waals surface area contributed by atoms with Crippen molar-refractivity contribution >= 4 is 5.97 Å². The Morgan fingerprint density at radius 1 is 1.62 bits per heavy atom. The SMILES string of the molecule is CC(c1ccc[nH]1)N1CCCCC1C(=O)O. The van der Waals surface area contributed by atoms with E-state index in [9.17, 15) is 9.90 Å². The van der Waals surface area contributed by atoms with Gasteiger partial charge in [0.1, 0.15) is 6.04 Å². The summed E-state index contributed by atoms with van der Waals surface area (Å²) >= 11 is 0. The molecule has 2 rings (SSSR count). The molecule has 2 unspecified atom stereocenters. The molecule has 1 aromatic heterocycles. The zero-order chi connectivity index (χ0) is 11.5. The number of carboxylic acid groups (broad SMARTS) is 1. The van der Waals surface area contributed by atoms with Crippen molar-refractivity contribution in [3.05, 3.63) is 24.0 Å². The second-order valence-corrected chi connectivity index (χ2v) is 4.39. The summed E-state index contributed by atoms with van der Waals surface area (Å²) in [5, 5.41) is 9.20. The summed E-state index contributed by atoms with van der Waals surface area (Å²) in [5.74, 6) is -0.696. The van der Waals surface area contributed by atoms with E-state index >= 15 is 0 Å². The van der Waals surface area contributed by atoms with E-state index in [1.807, 2.05) is 18.3 Å². The van der Waals surface area contributed by atoms with Crippen molar-refractivity contribution in [2.45, 2.75) is 38.3 Å². The fraction of sp³-hybridized carbons (Fsp3) is 0.583. The Morgan fingerprint density at radius 2 is 2.44 bits per heavy atom. The zero-order valence-corrected chi connectivity index (χ0v) is 9.52. The topological polar surface area (TPSA) is 56.3 Å². The number of aliphatic carboxylic acids is 1. The van der Waals surface area contributed by atoms with Gasteiger partial charge in [-0.1, -0.05) is 6.42 Å². The van der Waals surface area contributed by atoms with Crippen LogP contribution in [0, 0.1) is 0 Å². The maximum atomic E-state index is 11.2. The van der Waals surface area contributed by atoms with Gasteiger partial charge in [0, 0.05) is 17.9 Å². The molecule has 1 aliphatic rings. The minimum Gasteiger partial charge on any atom is -0.480 e. The van der Waals surface area contributed by atoms with Crippen LogP contribution >= 0.6 is 0 Å². The number of aromatic nitrogens is 1. The minimum atomic E-state index is -0.696. The lowest BCUT2D eigenvalue weighted by Crippen LogP contribution is -2.45. The summed E-state index contributed by atoms with van der Waals surface area (Å²) in [5.41, 5.74) is 1.09. The number of likely N-dealkylation sites (tertiary alicyclic amines) is 1. The maximum Gasteiger partial charge on any atom is 0.320 e. The highest BCUT2D eigenvalue weighted by molar-refractivity contribution is 5.73. The van der Waals surface area contributed by atoms with Gasteiger partial charge in [0.2, 0.25) is 0 Å². The van der Waals surface area contributed by atoms with Crippen molar-refractivity contribution < 1.29 is 9.90 Å². The molecule has 1 aromatic rings. The van der Waals surface area contributed by atoms with E-state index in [0.717, 1.165) is 31.5 Å². The predicted octanol–water partition coefficient (Wildman–Crippen LogP) is 2.01. The summed E-state index contributed by atoms with van der Waals surface area (Å²) in [7, 11) is 0. The van der Waals surface area contributed by atoms with Gasteiger partial charge in [-0.3, -0.25) is 9.69 Å². The molecule has 16 heavy (non-hydrogen) atoms. The number of piperidine rings is 1. The van der Waals surface area contributed by atoms with E-state index < -0.39 is 5.97 Å². The van der Waals surface area contributed by atoms with Gasteiger partial charge in [-0.15, -0.1) is 0 Å². The first-order valence-electron chi connectivity index (χ1n) is 5.82. The van der Waals surface area contributed by atoms with Crippen molar-refractivity contribution in [2.24, 2.45) is 0 Å². The molecule has 1 aliphatic heterocycles. The summed E-state index contributed by atoms with van der Waals surface area (Å²) in [6, 6.07) is 3.78. The summed E-state index contributed by atoms with van der Waals surface area (Å²) in [6.45, 7) is 2.93. The van der Waals surface area contributed by atoms with Crippen molar-refractivity contribution in [1.29, 1.82) is 0 Å². The normalized spacial score (nSPS) is 24.2. The van der Waals surface area contributed by atoms with Crippen LogP contribution in [-0.2, 0) is 4.79 Å². The maximum absolute atomic E-state index is 11.2. The second-order valence-electron chi connectivity index (χ2n) is 4.39. The van der Waals surface area contributed by atoms with Gasteiger partial charge in [-0.2, -0.15) is 0 Å². The molecular formula is C12H18N2O2. The van der Waals surface area contributed by atoms with Crippen LogP contribution in [0.5, 0.6) is 0 Å². The Kier molecular flexibility index (Phi) is 3.29. The lowest BCUT2D eigenvalue weighted by atomic mass is 9.99. The van der Waals surface area contributed by atoms with E-state index in [2.05, 4.69) is 16.8 Å². The van der Waals surface area contributed by atoms with Gasteiger partial charge in [0.15, 0.2) is 0 Å². The third kappa shape index (κ3) is 2.11. The molecule has 0 bridgehead atoms.